The number of carboxylic acids is 1. The molecule has 0 aliphatic rings. The second-order valence-corrected chi connectivity index (χ2v) is 5.10. The molecule has 0 saturated heterocycles. The summed E-state index contributed by atoms with van der Waals surface area (Å²) >= 11 is 11.7. The average molecular weight is 342 g/mol. The molecule has 0 atom stereocenters. The van der Waals surface area contributed by atoms with E-state index in [0.29, 0.717) is 15.6 Å². The van der Waals surface area contributed by atoms with Crippen molar-refractivity contribution in [3.8, 4) is 5.75 Å². The van der Waals surface area contributed by atoms with Crippen LogP contribution in [0.5, 0.6) is 5.75 Å². The van der Waals surface area contributed by atoms with E-state index in [0.717, 1.165) is 18.2 Å². The highest BCUT2D eigenvalue weighted by atomic mass is 35.5. The molecule has 0 aromatic heterocycles. The van der Waals surface area contributed by atoms with E-state index in [1.807, 2.05) is 0 Å². The van der Waals surface area contributed by atoms with E-state index < -0.39 is 10.9 Å². The zero-order valence-electron chi connectivity index (χ0n) is 11.0. The Morgan fingerprint density at radius 1 is 1.18 bits per heavy atom. The summed E-state index contributed by atoms with van der Waals surface area (Å²) in [6.45, 7) is -0.0131. The van der Waals surface area contributed by atoms with Crippen molar-refractivity contribution in [2.24, 2.45) is 0 Å². The molecule has 0 aliphatic carbocycles. The number of benzene rings is 2. The lowest BCUT2D eigenvalue weighted by molar-refractivity contribution is -0.385. The van der Waals surface area contributed by atoms with E-state index in [4.69, 9.17) is 33.0 Å². The molecule has 0 aliphatic heterocycles. The number of rotatable bonds is 5. The van der Waals surface area contributed by atoms with Gasteiger partial charge >= 0.3 is 11.7 Å². The Morgan fingerprint density at radius 3 is 2.50 bits per heavy atom. The summed E-state index contributed by atoms with van der Waals surface area (Å²) in [7, 11) is 0. The first-order valence-electron chi connectivity index (χ1n) is 5.97. The molecule has 0 fully saturated rings. The number of hydrogen-bond donors (Lipinski definition) is 1. The number of carbonyl (C=O) groups is 1. The molecular formula is C14H9Cl2NO5. The molecule has 2 aromatic carbocycles. The lowest BCUT2D eigenvalue weighted by atomic mass is 10.2. The van der Waals surface area contributed by atoms with Crippen LogP contribution in [0, 0.1) is 10.1 Å². The minimum absolute atomic E-state index is 0.0131. The maximum Gasteiger partial charge on any atom is 0.335 e. The van der Waals surface area contributed by atoms with Crippen LogP contribution in [-0.2, 0) is 6.61 Å². The van der Waals surface area contributed by atoms with E-state index >= 15 is 0 Å². The summed E-state index contributed by atoms with van der Waals surface area (Å²) in [5.74, 6) is -1.33. The smallest absolute Gasteiger partial charge is 0.335 e. The van der Waals surface area contributed by atoms with Gasteiger partial charge in [-0.15, -0.1) is 0 Å². The number of hydrogen-bond acceptors (Lipinski definition) is 4. The summed E-state index contributed by atoms with van der Waals surface area (Å²) in [5, 5.41) is 20.6. The Labute approximate surface area is 135 Å². The van der Waals surface area contributed by atoms with Crippen molar-refractivity contribution in [1.82, 2.24) is 0 Å². The van der Waals surface area contributed by atoms with Gasteiger partial charge in [-0.25, -0.2) is 4.79 Å². The van der Waals surface area contributed by atoms with Crippen LogP contribution in [0.2, 0.25) is 10.0 Å². The minimum atomic E-state index is -1.20. The summed E-state index contributed by atoms with van der Waals surface area (Å²) in [6.07, 6.45) is 0. The zero-order chi connectivity index (χ0) is 16.3. The molecule has 0 bridgehead atoms. The van der Waals surface area contributed by atoms with Crippen molar-refractivity contribution in [3.05, 3.63) is 67.7 Å². The Kier molecular flexibility index (Phi) is 4.85. The van der Waals surface area contributed by atoms with Gasteiger partial charge < -0.3 is 9.84 Å². The highest BCUT2D eigenvalue weighted by molar-refractivity contribution is 6.42. The number of carboxylic acid groups (broad SMARTS) is 1. The number of nitrogens with zero attached hydrogens (tertiary/aromatic N) is 1. The van der Waals surface area contributed by atoms with E-state index in [9.17, 15) is 14.9 Å². The monoisotopic (exact) mass is 341 g/mol. The van der Waals surface area contributed by atoms with Gasteiger partial charge in [0.05, 0.1) is 20.5 Å². The topological polar surface area (TPSA) is 89.7 Å². The van der Waals surface area contributed by atoms with E-state index in [2.05, 4.69) is 0 Å². The third kappa shape index (κ3) is 3.66. The van der Waals surface area contributed by atoms with E-state index in [1.54, 1.807) is 18.2 Å². The highest BCUT2D eigenvalue weighted by Crippen LogP contribution is 2.29. The Morgan fingerprint density at radius 2 is 1.91 bits per heavy atom. The fourth-order valence-electron chi connectivity index (χ4n) is 1.70. The first kappa shape index (κ1) is 16.1. The quantitative estimate of drug-likeness (QED) is 0.650. The van der Waals surface area contributed by atoms with Crippen molar-refractivity contribution in [2.75, 3.05) is 0 Å². The Balaban J connectivity index is 2.26. The SMILES string of the molecule is O=C(O)c1ccc([N+](=O)[O-])c(OCc2ccc(Cl)c(Cl)c2)c1. The third-order valence-corrected chi connectivity index (χ3v) is 3.52. The summed E-state index contributed by atoms with van der Waals surface area (Å²) in [4.78, 5) is 21.2. The van der Waals surface area contributed by atoms with Gasteiger partial charge in [0.2, 0.25) is 0 Å². The van der Waals surface area contributed by atoms with Crippen molar-refractivity contribution in [3.63, 3.8) is 0 Å². The van der Waals surface area contributed by atoms with E-state index in [1.165, 1.54) is 0 Å². The molecule has 0 unspecified atom stereocenters. The predicted octanol–water partition coefficient (Wildman–Crippen LogP) is 4.18. The van der Waals surface area contributed by atoms with Gasteiger partial charge in [-0.3, -0.25) is 10.1 Å². The van der Waals surface area contributed by atoms with Crippen LogP contribution in [0.4, 0.5) is 5.69 Å². The van der Waals surface area contributed by atoms with Gasteiger partial charge in [0.25, 0.3) is 0 Å². The van der Waals surface area contributed by atoms with Crippen LogP contribution in [0.1, 0.15) is 15.9 Å². The Bertz CT molecular complexity index is 748. The van der Waals surface area contributed by atoms with Crippen molar-refractivity contribution < 1.29 is 19.6 Å². The molecule has 114 valence electrons. The molecule has 0 spiro atoms. The van der Waals surface area contributed by atoms with E-state index in [-0.39, 0.29) is 23.6 Å². The molecule has 2 aromatic rings. The number of halogens is 2. The number of nitro groups is 1. The molecule has 1 N–H and O–H groups in total. The van der Waals surface area contributed by atoms with Gasteiger partial charge in [-0.1, -0.05) is 29.3 Å². The summed E-state index contributed by atoms with van der Waals surface area (Å²) in [6, 6.07) is 8.14. The van der Waals surface area contributed by atoms with Crippen LogP contribution in [0.25, 0.3) is 0 Å². The third-order valence-electron chi connectivity index (χ3n) is 2.78. The summed E-state index contributed by atoms with van der Waals surface area (Å²) < 4.78 is 5.36. The molecule has 0 amide bonds. The summed E-state index contributed by atoms with van der Waals surface area (Å²) in [5.41, 5.74) is 0.226. The van der Waals surface area contributed by atoms with Crippen molar-refractivity contribution >= 4 is 34.9 Å². The second kappa shape index (κ2) is 6.64. The standard InChI is InChI=1S/C14H9Cl2NO5/c15-10-3-1-8(5-11(10)16)7-22-13-6-9(14(18)19)2-4-12(13)17(20)21/h1-6H,7H2,(H,18,19). The van der Waals surface area contributed by atoms with Gasteiger partial charge in [0.15, 0.2) is 5.75 Å². The highest BCUT2D eigenvalue weighted by Gasteiger charge is 2.18. The molecule has 0 saturated carbocycles. The fraction of sp³-hybridized carbons (Fsp3) is 0.0714. The zero-order valence-corrected chi connectivity index (χ0v) is 12.5. The van der Waals surface area contributed by atoms with Crippen LogP contribution >= 0.6 is 23.2 Å². The lowest BCUT2D eigenvalue weighted by Gasteiger charge is -2.08. The van der Waals surface area contributed by atoms with Gasteiger partial charge in [0, 0.05) is 12.1 Å². The van der Waals surface area contributed by atoms with Crippen molar-refractivity contribution in [2.45, 2.75) is 6.61 Å². The largest absolute Gasteiger partial charge is 0.482 e. The number of ether oxygens (including phenoxy) is 1. The number of aromatic carboxylic acids is 1. The fourth-order valence-corrected chi connectivity index (χ4v) is 2.02. The minimum Gasteiger partial charge on any atom is -0.482 e. The number of nitro benzene ring substituents is 1. The van der Waals surface area contributed by atoms with Gasteiger partial charge in [-0.05, 0) is 23.8 Å². The normalized spacial score (nSPS) is 10.3. The van der Waals surface area contributed by atoms with Gasteiger partial charge in [0.1, 0.15) is 6.61 Å². The first-order valence-corrected chi connectivity index (χ1v) is 6.72. The van der Waals surface area contributed by atoms with Crippen molar-refractivity contribution in [1.29, 1.82) is 0 Å². The molecule has 22 heavy (non-hydrogen) atoms. The molecule has 8 heteroatoms. The molecular weight excluding hydrogens is 333 g/mol. The average Bonchev–Trinajstić information content (AvgIpc) is 2.48. The molecule has 2 rings (SSSR count). The van der Waals surface area contributed by atoms with Crippen LogP contribution < -0.4 is 4.74 Å². The maximum absolute atomic E-state index is 11.0. The van der Waals surface area contributed by atoms with Crippen LogP contribution in [-0.4, -0.2) is 16.0 Å². The lowest BCUT2D eigenvalue weighted by Crippen LogP contribution is -2.02. The van der Waals surface area contributed by atoms with Crippen LogP contribution in [0.3, 0.4) is 0 Å². The second-order valence-electron chi connectivity index (χ2n) is 4.28. The predicted molar refractivity (Wildman–Crippen MR) is 80.8 cm³/mol. The van der Waals surface area contributed by atoms with Crippen LogP contribution in [0.15, 0.2) is 36.4 Å². The molecule has 0 radical (unpaired) electrons. The Hall–Kier alpha value is -2.31. The molecule has 6 nitrogen and oxygen atoms in total. The first-order chi connectivity index (χ1) is 10.4. The van der Waals surface area contributed by atoms with Gasteiger partial charge in [-0.2, -0.15) is 0 Å². The maximum atomic E-state index is 11.0. The molecule has 0 heterocycles.